The SMILES string of the molecule is CCSc1ccccc1C(=O)Nc1sc2c(c1C(N)=O)CCN(Cc1ccccc1)C2. The molecule has 0 radical (unpaired) electrons. The van der Waals surface area contributed by atoms with Crippen LogP contribution < -0.4 is 11.1 Å². The first kappa shape index (κ1) is 21.6. The summed E-state index contributed by atoms with van der Waals surface area (Å²) < 4.78 is 0. The molecule has 0 bridgehead atoms. The molecule has 1 aliphatic heterocycles. The third-order valence-electron chi connectivity index (χ3n) is 5.29. The fraction of sp³-hybridized carbons (Fsp3) is 0.250. The van der Waals surface area contributed by atoms with E-state index in [9.17, 15) is 9.59 Å². The van der Waals surface area contributed by atoms with Gasteiger partial charge in [-0.05, 0) is 35.4 Å². The summed E-state index contributed by atoms with van der Waals surface area (Å²) in [7, 11) is 0. The fourth-order valence-corrected chi connectivity index (χ4v) is 5.98. The topological polar surface area (TPSA) is 75.4 Å². The van der Waals surface area contributed by atoms with Crippen molar-refractivity contribution in [3.05, 3.63) is 81.7 Å². The molecule has 0 atom stereocenters. The van der Waals surface area contributed by atoms with Crippen molar-refractivity contribution in [1.29, 1.82) is 0 Å². The third-order valence-corrected chi connectivity index (χ3v) is 7.38. The molecule has 7 heteroatoms. The maximum Gasteiger partial charge on any atom is 0.257 e. The van der Waals surface area contributed by atoms with Crippen molar-refractivity contribution >= 4 is 39.9 Å². The van der Waals surface area contributed by atoms with E-state index in [0.717, 1.165) is 47.1 Å². The Kier molecular flexibility index (Phi) is 6.75. The highest BCUT2D eigenvalue weighted by Gasteiger charge is 2.28. The van der Waals surface area contributed by atoms with Gasteiger partial charge in [-0.25, -0.2) is 0 Å². The van der Waals surface area contributed by atoms with Crippen molar-refractivity contribution in [3.63, 3.8) is 0 Å². The average molecular weight is 452 g/mol. The van der Waals surface area contributed by atoms with E-state index >= 15 is 0 Å². The normalized spacial score (nSPS) is 13.6. The minimum atomic E-state index is -0.486. The summed E-state index contributed by atoms with van der Waals surface area (Å²) in [5.41, 5.74) is 9.05. The molecule has 4 rings (SSSR count). The van der Waals surface area contributed by atoms with Crippen LogP contribution in [0.4, 0.5) is 5.00 Å². The number of nitrogens with one attached hydrogen (secondary N) is 1. The molecule has 0 aliphatic carbocycles. The number of nitrogens with zero attached hydrogens (tertiary/aromatic N) is 1. The first-order valence-electron chi connectivity index (χ1n) is 10.3. The van der Waals surface area contributed by atoms with Crippen LogP contribution in [0.2, 0.25) is 0 Å². The number of carbonyl (C=O) groups excluding carboxylic acids is 2. The molecule has 2 amide bonds. The van der Waals surface area contributed by atoms with Gasteiger partial charge in [0, 0.05) is 29.4 Å². The van der Waals surface area contributed by atoms with Gasteiger partial charge in [0.05, 0.1) is 11.1 Å². The molecule has 160 valence electrons. The Balaban J connectivity index is 1.57. The highest BCUT2D eigenvalue weighted by molar-refractivity contribution is 7.99. The Morgan fingerprint density at radius 3 is 2.61 bits per heavy atom. The summed E-state index contributed by atoms with van der Waals surface area (Å²) >= 11 is 3.09. The lowest BCUT2D eigenvalue weighted by molar-refractivity contribution is 0.0999. The number of nitrogens with two attached hydrogens (primary N) is 1. The molecule has 1 aromatic heterocycles. The van der Waals surface area contributed by atoms with Gasteiger partial charge in [-0.2, -0.15) is 0 Å². The van der Waals surface area contributed by atoms with Crippen LogP contribution in [0.25, 0.3) is 0 Å². The highest BCUT2D eigenvalue weighted by atomic mass is 32.2. The number of amides is 2. The van der Waals surface area contributed by atoms with Gasteiger partial charge in [0.15, 0.2) is 0 Å². The zero-order chi connectivity index (χ0) is 21.8. The smallest absolute Gasteiger partial charge is 0.257 e. The van der Waals surface area contributed by atoms with Gasteiger partial charge in [0.2, 0.25) is 0 Å². The molecular weight excluding hydrogens is 426 g/mol. The van der Waals surface area contributed by atoms with Crippen LogP contribution in [0, 0.1) is 0 Å². The number of thioether (sulfide) groups is 1. The Bertz CT molecular complexity index is 1100. The second kappa shape index (κ2) is 9.68. The maximum atomic E-state index is 13.0. The van der Waals surface area contributed by atoms with Crippen molar-refractivity contribution in [2.75, 3.05) is 17.6 Å². The zero-order valence-corrected chi connectivity index (χ0v) is 19.0. The van der Waals surface area contributed by atoms with E-state index in [2.05, 4.69) is 29.3 Å². The van der Waals surface area contributed by atoms with Crippen LogP contribution >= 0.6 is 23.1 Å². The number of hydrogen-bond donors (Lipinski definition) is 2. The van der Waals surface area contributed by atoms with Gasteiger partial charge in [0.25, 0.3) is 11.8 Å². The maximum absolute atomic E-state index is 13.0. The second-order valence-electron chi connectivity index (χ2n) is 7.40. The lowest BCUT2D eigenvalue weighted by Gasteiger charge is -2.27. The van der Waals surface area contributed by atoms with Crippen molar-refractivity contribution in [3.8, 4) is 0 Å². The molecule has 0 unspecified atom stereocenters. The Morgan fingerprint density at radius 2 is 1.87 bits per heavy atom. The Hall–Kier alpha value is -2.61. The lowest BCUT2D eigenvalue weighted by Crippen LogP contribution is -2.30. The molecule has 0 spiro atoms. The summed E-state index contributed by atoms with van der Waals surface area (Å²) in [5.74, 6) is 0.181. The first-order chi connectivity index (χ1) is 15.1. The molecule has 3 N–H and O–H groups in total. The second-order valence-corrected chi connectivity index (χ2v) is 9.81. The van der Waals surface area contributed by atoms with Crippen molar-refractivity contribution in [2.24, 2.45) is 5.73 Å². The van der Waals surface area contributed by atoms with Gasteiger partial charge < -0.3 is 11.1 Å². The summed E-state index contributed by atoms with van der Waals surface area (Å²) in [6.45, 7) is 4.50. The number of benzene rings is 2. The number of anilines is 1. The Morgan fingerprint density at radius 1 is 1.13 bits per heavy atom. The van der Waals surface area contributed by atoms with Gasteiger partial charge in [-0.15, -0.1) is 23.1 Å². The highest BCUT2D eigenvalue weighted by Crippen LogP contribution is 2.38. The summed E-state index contributed by atoms with van der Waals surface area (Å²) in [6.07, 6.45) is 0.745. The zero-order valence-electron chi connectivity index (χ0n) is 17.4. The van der Waals surface area contributed by atoms with Crippen molar-refractivity contribution in [2.45, 2.75) is 31.3 Å². The van der Waals surface area contributed by atoms with E-state index < -0.39 is 5.91 Å². The minimum absolute atomic E-state index is 0.209. The fourth-order valence-electron chi connectivity index (χ4n) is 3.89. The number of thiophene rings is 1. The molecule has 3 aromatic rings. The standard InChI is InChI=1S/C24H25N3O2S2/c1-2-30-19-11-7-6-10-18(19)23(29)26-24-21(22(25)28)17-12-13-27(15-20(17)31-24)14-16-8-4-3-5-9-16/h3-11H,2,12-15H2,1H3,(H2,25,28)(H,26,29). The number of fused-ring (bicyclic) bond motifs is 1. The Labute approximate surface area is 190 Å². The molecule has 0 saturated heterocycles. The predicted molar refractivity (Wildman–Crippen MR) is 128 cm³/mol. The first-order valence-corrected chi connectivity index (χ1v) is 12.1. The largest absolute Gasteiger partial charge is 0.365 e. The number of rotatable bonds is 7. The molecule has 0 fully saturated rings. The predicted octanol–water partition coefficient (Wildman–Crippen LogP) is 4.77. The van der Waals surface area contributed by atoms with Crippen LogP contribution in [-0.4, -0.2) is 29.0 Å². The summed E-state index contributed by atoms with van der Waals surface area (Å²) in [5, 5.41) is 3.53. The minimum Gasteiger partial charge on any atom is -0.365 e. The van der Waals surface area contributed by atoms with E-state index in [-0.39, 0.29) is 5.91 Å². The van der Waals surface area contributed by atoms with Gasteiger partial charge in [0.1, 0.15) is 5.00 Å². The van der Waals surface area contributed by atoms with E-state index in [1.54, 1.807) is 11.8 Å². The van der Waals surface area contributed by atoms with Crippen LogP contribution in [0.5, 0.6) is 0 Å². The van der Waals surface area contributed by atoms with Gasteiger partial charge in [-0.3, -0.25) is 14.5 Å². The quantitative estimate of drug-likeness (QED) is 0.508. The van der Waals surface area contributed by atoms with Crippen LogP contribution in [0.3, 0.4) is 0 Å². The molecule has 31 heavy (non-hydrogen) atoms. The average Bonchev–Trinajstić information content (AvgIpc) is 3.12. The molecular formula is C24H25N3O2S2. The van der Waals surface area contributed by atoms with E-state index in [0.29, 0.717) is 16.1 Å². The summed E-state index contributed by atoms with van der Waals surface area (Å²) in [6, 6.07) is 17.9. The monoisotopic (exact) mass is 451 g/mol. The van der Waals surface area contributed by atoms with Gasteiger partial charge >= 0.3 is 0 Å². The van der Waals surface area contributed by atoms with Crippen molar-refractivity contribution < 1.29 is 9.59 Å². The molecule has 2 aromatic carbocycles. The number of hydrogen-bond acceptors (Lipinski definition) is 5. The van der Waals surface area contributed by atoms with Gasteiger partial charge in [-0.1, -0.05) is 49.4 Å². The lowest BCUT2D eigenvalue weighted by atomic mass is 10.0. The van der Waals surface area contributed by atoms with E-state index in [1.807, 2.05) is 42.5 Å². The number of carbonyl (C=O) groups is 2. The molecule has 0 saturated carbocycles. The summed E-state index contributed by atoms with van der Waals surface area (Å²) in [4.78, 5) is 29.7. The molecule has 2 heterocycles. The third kappa shape index (κ3) is 4.84. The molecule has 1 aliphatic rings. The van der Waals surface area contributed by atoms with Crippen LogP contribution in [0.1, 0.15) is 43.6 Å². The van der Waals surface area contributed by atoms with E-state index in [4.69, 9.17) is 5.73 Å². The molecule has 5 nitrogen and oxygen atoms in total. The number of primary amides is 1. The van der Waals surface area contributed by atoms with E-state index in [1.165, 1.54) is 16.9 Å². The van der Waals surface area contributed by atoms with Crippen LogP contribution in [-0.2, 0) is 19.5 Å². The van der Waals surface area contributed by atoms with Crippen LogP contribution in [0.15, 0.2) is 59.5 Å². The van der Waals surface area contributed by atoms with Crippen molar-refractivity contribution in [1.82, 2.24) is 4.90 Å².